The molecule has 1 fully saturated rings. The van der Waals surface area contributed by atoms with Crippen LogP contribution < -0.4 is 5.32 Å². The summed E-state index contributed by atoms with van der Waals surface area (Å²) < 4.78 is 0. The summed E-state index contributed by atoms with van der Waals surface area (Å²) in [7, 11) is 1.94. The Kier molecular flexibility index (Phi) is 5.90. The number of hydrogen-bond acceptors (Lipinski definition) is 3. The Labute approximate surface area is 107 Å². The fourth-order valence-electron chi connectivity index (χ4n) is 3.06. The number of nitrogens with one attached hydrogen (secondary N) is 1. The largest absolute Gasteiger partial charge is 0.394 e. The molecule has 0 spiro atoms. The van der Waals surface area contributed by atoms with Crippen molar-refractivity contribution in [1.29, 1.82) is 0 Å². The SMILES string of the molecule is CCC1CCCCN1C(C)CC(C)(CO)NC. The van der Waals surface area contributed by atoms with Crippen LogP contribution in [0, 0.1) is 0 Å². The van der Waals surface area contributed by atoms with E-state index in [0.717, 1.165) is 12.5 Å². The molecule has 1 aliphatic rings. The Morgan fingerprint density at radius 3 is 2.71 bits per heavy atom. The van der Waals surface area contributed by atoms with Crippen molar-refractivity contribution in [2.24, 2.45) is 0 Å². The van der Waals surface area contributed by atoms with Crippen molar-refractivity contribution < 1.29 is 5.11 Å². The Morgan fingerprint density at radius 2 is 2.18 bits per heavy atom. The molecule has 3 atom stereocenters. The van der Waals surface area contributed by atoms with E-state index in [1.165, 1.54) is 32.2 Å². The standard InChI is InChI=1S/C14H30N2O/c1-5-13-8-6-7-9-16(13)12(2)10-14(3,11-17)15-4/h12-13,15,17H,5-11H2,1-4H3. The molecule has 1 aliphatic heterocycles. The molecule has 1 saturated heterocycles. The van der Waals surface area contributed by atoms with Gasteiger partial charge in [-0.25, -0.2) is 0 Å². The number of aliphatic hydroxyl groups is 1. The van der Waals surface area contributed by atoms with Gasteiger partial charge in [-0.3, -0.25) is 4.90 Å². The fourth-order valence-corrected chi connectivity index (χ4v) is 3.06. The van der Waals surface area contributed by atoms with Crippen LogP contribution in [0.3, 0.4) is 0 Å². The van der Waals surface area contributed by atoms with Gasteiger partial charge < -0.3 is 10.4 Å². The monoisotopic (exact) mass is 242 g/mol. The summed E-state index contributed by atoms with van der Waals surface area (Å²) in [6.45, 7) is 8.13. The molecule has 0 aromatic rings. The Morgan fingerprint density at radius 1 is 1.47 bits per heavy atom. The van der Waals surface area contributed by atoms with Crippen LogP contribution in [0.1, 0.15) is 52.9 Å². The molecule has 3 nitrogen and oxygen atoms in total. The first-order valence-corrected chi connectivity index (χ1v) is 7.12. The third-order valence-electron chi connectivity index (χ3n) is 4.41. The van der Waals surface area contributed by atoms with E-state index in [-0.39, 0.29) is 12.1 Å². The highest BCUT2D eigenvalue weighted by atomic mass is 16.3. The van der Waals surface area contributed by atoms with Crippen LogP contribution in [0.4, 0.5) is 0 Å². The van der Waals surface area contributed by atoms with Crippen LogP contribution in [0.25, 0.3) is 0 Å². The van der Waals surface area contributed by atoms with Gasteiger partial charge in [-0.1, -0.05) is 13.3 Å². The highest BCUT2D eigenvalue weighted by Gasteiger charge is 2.30. The average molecular weight is 242 g/mol. The van der Waals surface area contributed by atoms with Gasteiger partial charge in [-0.2, -0.15) is 0 Å². The summed E-state index contributed by atoms with van der Waals surface area (Å²) in [5, 5.41) is 12.7. The van der Waals surface area contributed by atoms with Gasteiger partial charge in [-0.15, -0.1) is 0 Å². The lowest BCUT2D eigenvalue weighted by Crippen LogP contribution is -2.52. The van der Waals surface area contributed by atoms with E-state index in [2.05, 4.69) is 31.0 Å². The van der Waals surface area contributed by atoms with E-state index < -0.39 is 0 Å². The predicted octanol–water partition coefficient (Wildman–Crippen LogP) is 2.00. The third-order valence-corrected chi connectivity index (χ3v) is 4.41. The molecule has 0 aromatic heterocycles. The molecular weight excluding hydrogens is 212 g/mol. The second kappa shape index (κ2) is 6.72. The highest BCUT2D eigenvalue weighted by molar-refractivity contribution is 4.89. The molecule has 0 radical (unpaired) electrons. The molecule has 3 heteroatoms. The smallest absolute Gasteiger partial charge is 0.0611 e. The van der Waals surface area contributed by atoms with Gasteiger partial charge in [0.05, 0.1) is 6.61 Å². The lowest BCUT2D eigenvalue weighted by molar-refractivity contribution is 0.0657. The number of likely N-dealkylation sites (N-methyl/N-ethyl adjacent to an activating group) is 1. The minimum Gasteiger partial charge on any atom is -0.394 e. The molecule has 102 valence electrons. The zero-order valence-corrected chi connectivity index (χ0v) is 12.0. The maximum Gasteiger partial charge on any atom is 0.0611 e. The molecule has 0 amide bonds. The van der Waals surface area contributed by atoms with E-state index in [0.29, 0.717) is 6.04 Å². The summed E-state index contributed by atoms with van der Waals surface area (Å²) >= 11 is 0. The molecule has 0 saturated carbocycles. The number of hydrogen-bond donors (Lipinski definition) is 2. The summed E-state index contributed by atoms with van der Waals surface area (Å²) in [6, 6.07) is 1.29. The van der Waals surface area contributed by atoms with Crippen molar-refractivity contribution in [2.45, 2.75) is 70.5 Å². The quantitative estimate of drug-likeness (QED) is 0.748. The zero-order chi connectivity index (χ0) is 12.9. The lowest BCUT2D eigenvalue weighted by atomic mass is 9.90. The fraction of sp³-hybridized carbons (Fsp3) is 1.00. The summed E-state index contributed by atoms with van der Waals surface area (Å²) in [5.41, 5.74) is -0.144. The van der Waals surface area contributed by atoms with Gasteiger partial charge >= 0.3 is 0 Å². The van der Waals surface area contributed by atoms with Crippen LogP contribution >= 0.6 is 0 Å². The number of aliphatic hydroxyl groups excluding tert-OH is 1. The van der Waals surface area contributed by atoms with Gasteiger partial charge in [0, 0.05) is 17.6 Å². The number of likely N-dealkylation sites (tertiary alicyclic amines) is 1. The molecule has 0 aliphatic carbocycles. The first-order chi connectivity index (χ1) is 8.06. The summed E-state index contributed by atoms with van der Waals surface area (Å²) in [5.74, 6) is 0. The molecule has 17 heavy (non-hydrogen) atoms. The minimum atomic E-state index is -0.144. The van der Waals surface area contributed by atoms with Gasteiger partial charge in [0.2, 0.25) is 0 Å². The van der Waals surface area contributed by atoms with Crippen LogP contribution in [-0.2, 0) is 0 Å². The maximum absolute atomic E-state index is 9.47. The Bertz CT molecular complexity index is 216. The second-order valence-corrected chi connectivity index (χ2v) is 5.82. The van der Waals surface area contributed by atoms with Crippen molar-refractivity contribution in [3.8, 4) is 0 Å². The first kappa shape index (κ1) is 14.9. The van der Waals surface area contributed by atoms with Crippen molar-refractivity contribution in [1.82, 2.24) is 10.2 Å². The number of rotatable bonds is 6. The normalized spacial score (nSPS) is 27.7. The zero-order valence-electron chi connectivity index (χ0n) is 12.0. The average Bonchev–Trinajstić information content (AvgIpc) is 2.38. The number of piperidine rings is 1. The van der Waals surface area contributed by atoms with E-state index in [1.807, 2.05) is 7.05 Å². The molecule has 2 N–H and O–H groups in total. The molecule has 0 aromatic carbocycles. The topological polar surface area (TPSA) is 35.5 Å². The van der Waals surface area contributed by atoms with Gasteiger partial charge in [0.25, 0.3) is 0 Å². The van der Waals surface area contributed by atoms with Gasteiger partial charge in [0.1, 0.15) is 0 Å². The molecule has 1 heterocycles. The van der Waals surface area contributed by atoms with Crippen molar-refractivity contribution in [3.05, 3.63) is 0 Å². The van der Waals surface area contributed by atoms with E-state index >= 15 is 0 Å². The molecule has 1 rings (SSSR count). The highest BCUT2D eigenvalue weighted by Crippen LogP contribution is 2.25. The Hall–Kier alpha value is -0.120. The Balaban J connectivity index is 2.58. The van der Waals surface area contributed by atoms with Gasteiger partial charge in [-0.05, 0) is 53.1 Å². The van der Waals surface area contributed by atoms with Crippen molar-refractivity contribution in [3.63, 3.8) is 0 Å². The number of nitrogens with zero attached hydrogens (tertiary/aromatic N) is 1. The molecule has 3 unspecified atom stereocenters. The third kappa shape index (κ3) is 3.94. The van der Waals surface area contributed by atoms with Crippen LogP contribution in [0.15, 0.2) is 0 Å². The first-order valence-electron chi connectivity index (χ1n) is 7.12. The molecule has 0 bridgehead atoms. The predicted molar refractivity (Wildman–Crippen MR) is 73.3 cm³/mol. The van der Waals surface area contributed by atoms with E-state index in [1.54, 1.807) is 0 Å². The lowest BCUT2D eigenvalue weighted by Gasteiger charge is -2.42. The van der Waals surface area contributed by atoms with Crippen molar-refractivity contribution >= 4 is 0 Å². The summed E-state index contributed by atoms with van der Waals surface area (Å²) in [4.78, 5) is 2.65. The summed E-state index contributed by atoms with van der Waals surface area (Å²) in [6.07, 6.45) is 6.31. The van der Waals surface area contributed by atoms with Crippen LogP contribution in [0.5, 0.6) is 0 Å². The van der Waals surface area contributed by atoms with Crippen LogP contribution in [-0.4, -0.2) is 47.8 Å². The molecular formula is C14H30N2O. The van der Waals surface area contributed by atoms with Crippen molar-refractivity contribution in [2.75, 3.05) is 20.2 Å². The maximum atomic E-state index is 9.47. The van der Waals surface area contributed by atoms with Crippen LogP contribution in [0.2, 0.25) is 0 Å². The minimum absolute atomic E-state index is 0.144. The van der Waals surface area contributed by atoms with E-state index in [9.17, 15) is 5.11 Å². The van der Waals surface area contributed by atoms with E-state index in [4.69, 9.17) is 0 Å². The second-order valence-electron chi connectivity index (χ2n) is 5.82. The van der Waals surface area contributed by atoms with Gasteiger partial charge in [0.15, 0.2) is 0 Å².